The molecule has 12 heteroatoms. The number of hydrogen-bond acceptors (Lipinski definition) is 7. The summed E-state index contributed by atoms with van der Waals surface area (Å²) in [4.78, 5) is 55.8. The molecule has 4 N–H and O–H groups in total. The number of amides is 1. The lowest BCUT2D eigenvalue weighted by molar-refractivity contribution is -0.140. The molecule has 1 amide bonds. The van der Waals surface area contributed by atoms with Crippen molar-refractivity contribution in [1.29, 1.82) is 0 Å². The van der Waals surface area contributed by atoms with E-state index in [1.165, 1.54) is 11.3 Å². The van der Waals surface area contributed by atoms with Gasteiger partial charge in [0.15, 0.2) is 0 Å². The van der Waals surface area contributed by atoms with E-state index in [2.05, 4.69) is 15.3 Å². The molecule has 0 bridgehead atoms. The van der Waals surface area contributed by atoms with Crippen LogP contribution in [0.2, 0.25) is 0 Å². The number of halogens is 1. The zero-order valence-electron chi connectivity index (χ0n) is 17.8. The average molecular weight is 495 g/mol. The minimum atomic E-state index is -1.29. The average Bonchev–Trinajstić information content (AvgIpc) is 3.21. The second-order valence-electron chi connectivity index (χ2n) is 7.29. The van der Waals surface area contributed by atoms with E-state index >= 15 is 0 Å². The Bertz CT molecular complexity index is 1240. The molecular weight excluding hydrogens is 472 g/mol. The third-order valence-corrected chi connectivity index (χ3v) is 5.95. The van der Waals surface area contributed by atoms with Crippen LogP contribution in [0.15, 0.2) is 35.1 Å². The normalized spacial score (nSPS) is 11.5. The topological polar surface area (TPSA) is 153 Å². The Morgan fingerprint density at radius 1 is 1.21 bits per heavy atom. The number of nitrogens with one attached hydrogen (secondary N) is 2. The van der Waals surface area contributed by atoms with Gasteiger partial charge in [0.05, 0.1) is 20.8 Å². The van der Waals surface area contributed by atoms with Gasteiger partial charge in [-0.05, 0) is 43.2 Å². The number of carboxylic acids is 2. The second kappa shape index (κ2) is 10.9. The van der Waals surface area contributed by atoms with Crippen LogP contribution in [0.4, 0.5) is 5.00 Å². The lowest BCUT2D eigenvalue weighted by Crippen LogP contribution is -2.40. The van der Waals surface area contributed by atoms with E-state index in [1.54, 1.807) is 31.2 Å². The van der Waals surface area contributed by atoms with Gasteiger partial charge in [0, 0.05) is 20.0 Å². The van der Waals surface area contributed by atoms with Crippen molar-refractivity contribution in [1.82, 2.24) is 15.3 Å². The number of aromatic amines is 1. The number of aryl methyl sites for hydroxylation is 1. The minimum absolute atomic E-state index is 0. The highest BCUT2D eigenvalue weighted by Crippen LogP contribution is 2.27. The SMILES string of the molecule is Cc1nc2ccc(CN(C)c3ccc(C(=O)N[C@@H](CCC(=O)O)C(=O)O)s3)cc2c(=O)[nH]1.Cl. The number of H-pyrrole nitrogens is 1. The number of thiophene rings is 1. The molecule has 0 aliphatic carbocycles. The molecule has 3 aromatic rings. The molecule has 10 nitrogen and oxygen atoms in total. The van der Waals surface area contributed by atoms with Gasteiger partial charge in [-0.15, -0.1) is 23.7 Å². The highest BCUT2D eigenvalue weighted by Gasteiger charge is 2.22. The number of fused-ring (bicyclic) bond motifs is 1. The highest BCUT2D eigenvalue weighted by molar-refractivity contribution is 7.17. The first kappa shape index (κ1) is 25.8. The molecule has 0 fully saturated rings. The number of hydrogen-bond donors (Lipinski definition) is 4. The monoisotopic (exact) mass is 494 g/mol. The molecule has 0 saturated carbocycles. The maximum Gasteiger partial charge on any atom is 0.326 e. The molecule has 0 unspecified atom stereocenters. The minimum Gasteiger partial charge on any atom is -0.481 e. The van der Waals surface area contributed by atoms with Crippen LogP contribution in [0.3, 0.4) is 0 Å². The van der Waals surface area contributed by atoms with Crippen molar-refractivity contribution in [3.05, 3.63) is 57.0 Å². The fourth-order valence-corrected chi connectivity index (χ4v) is 4.03. The number of anilines is 1. The Morgan fingerprint density at radius 2 is 1.94 bits per heavy atom. The Hall–Kier alpha value is -3.44. The molecule has 0 aliphatic heterocycles. The number of aliphatic carboxylic acids is 2. The summed E-state index contributed by atoms with van der Waals surface area (Å²) in [5.41, 5.74) is 1.29. The molecular formula is C21H23ClN4O6S. The Morgan fingerprint density at radius 3 is 2.61 bits per heavy atom. The van der Waals surface area contributed by atoms with Gasteiger partial charge in [-0.25, -0.2) is 9.78 Å². The standard InChI is InChI=1S/C21H22N4O6S.ClH/c1-11-22-14-4-3-12(9-13(14)19(28)23-11)10-25(2)17-7-6-16(32-17)20(29)24-15(21(30)31)5-8-18(26)27;/h3-4,6-7,9,15H,5,8,10H2,1-2H3,(H,24,29)(H,26,27)(H,30,31)(H,22,23,28);1H/t15-;/m0./s1. The van der Waals surface area contributed by atoms with Crippen molar-refractivity contribution in [2.24, 2.45) is 0 Å². The number of nitrogens with zero attached hydrogens (tertiary/aromatic N) is 2. The van der Waals surface area contributed by atoms with Crippen LogP contribution in [-0.2, 0) is 16.1 Å². The van der Waals surface area contributed by atoms with Crippen molar-refractivity contribution >= 4 is 57.5 Å². The van der Waals surface area contributed by atoms with E-state index in [4.69, 9.17) is 5.11 Å². The zero-order chi connectivity index (χ0) is 23.4. The number of aromatic nitrogens is 2. The molecule has 3 rings (SSSR count). The maximum absolute atomic E-state index is 12.4. The molecule has 2 aromatic heterocycles. The first-order valence-corrected chi connectivity index (χ1v) is 10.5. The van der Waals surface area contributed by atoms with Gasteiger partial charge in [0.2, 0.25) is 0 Å². The van der Waals surface area contributed by atoms with Gasteiger partial charge in [0.1, 0.15) is 11.9 Å². The van der Waals surface area contributed by atoms with Crippen LogP contribution >= 0.6 is 23.7 Å². The Kier molecular flexibility index (Phi) is 8.55. The highest BCUT2D eigenvalue weighted by atomic mass is 35.5. The molecule has 1 aromatic carbocycles. The van der Waals surface area contributed by atoms with Crippen molar-refractivity contribution in [3.8, 4) is 0 Å². The third-order valence-electron chi connectivity index (χ3n) is 4.75. The number of rotatable bonds is 9. The van der Waals surface area contributed by atoms with Crippen LogP contribution in [0, 0.1) is 6.92 Å². The summed E-state index contributed by atoms with van der Waals surface area (Å²) in [7, 11) is 1.84. The van der Waals surface area contributed by atoms with Crippen molar-refractivity contribution < 1.29 is 24.6 Å². The lowest BCUT2D eigenvalue weighted by atomic mass is 10.1. The van der Waals surface area contributed by atoms with Crippen LogP contribution < -0.4 is 15.8 Å². The summed E-state index contributed by atoms with van der Waals surface area (Å²) in [6.07, 6.45) is -0.566. The van der Waals surface area contributed by atoms with Crippen molar-refractivity contribution in [2.75, 3.05) is 11.9 Å². The fourth-order valence-electron chi connectivity index (χ4n) is 3.16. The van der Waals surface area contributed by atoms with E-state index in [-0.39, 0.29) is 30.8 Å². The summed E-state index contributed by atoms with van der Waals surface area (Å²) >= 11 is 1.18. The van der Waals surface area contributed by atoms with E-state index in [0.717, 1.165) is 10.6 Å². The number of benzene rings is 1. The molecule has 33 heavy (non-hydrogen) atoms. The molecule has 1 atom stereocenters. The van der Waals surface area contributed by atoms with Crippen LogP contribution in [0.1, 0.15) is 33.9 Å². The molecule has 0 radical (unpaired) electrons. The summed E-state index contributed by atoms with van der Waals surface area (Å²) < 4.78 is 0. The number of carbonyl (C=O) groups excluding carboxylic acids is 1. The van der Waals surface area contributed by atoms with Crippen molar-refractivity contribution in [2.45, 2.75) is 32.4 Å². The van der Waals surface area contributed by atoms with E-state index in [1.807, 2.05) is 18.0 Å². The van der Waals surface area contributed by atoms with Crippen LogP contribution in [0.5, 0.6) is 0 Å². The van der Waals surface area contributed by atoms with Crippen molar-refractivity contribution in [3.63, 3.8) is 0 Å². The summed E-state index contributed by atoms with van der Waals surface area (Å²) in [6.45, 7) is 2.19. The van der Waals surface area contributed by atoms with Gasteiger partial charge in [-0.2, -0.15) is 0 Å². The van der Waals surface area contributed by atoms with Gasteiger partial charge < -0.3 is 25.4 Å². The Balaban J connectivity index is 0.00000385. The van der Waals surface area contributed by atoms with Crippen LogP contribution in [-0.4, -0.2) is 51.1 Å². The predicted octanol–water partition coefficient (Wildman–Crippen LogP) is 2.40. The molecule has 176 valence electrons. The lowest BCUT2D eigenvalue weighted by Gasteiger charge is -2.17. The summed E-state index contributed by atoms with van der Waals surface area (Å²) in [6, 6.07) is 7.49. The molecule has 2 heterocycles. The first-order chi connectivity index (χ1) is 15.1. The molecule has 0 aliphatic rings. The zero-order valence-corrected chi connectivity index (χ0v) is 19.5. The number of carbonyl (C=O) groups is 3. The van der Waals surface area contributed by atoms with E-state index in [0.29, 0.717) is 28.1 Å². The predicted molar refractivity (Wildman–Crippen MR) is 127 cm³/mol. The van der Waals surface area contributed by atoms with E-state index in [9.17, 15) is 24.3 Å². The summed E-state index contributed by atoms with van der Waals surface area (Å²) in [5, 5.41) is 21.6. The molecule has 0 spiro atoms. The van der Waals surface area contributed by atoms with Gasteiger partial charge in [-0.3, -0.25) is 14.4 Å². The largest absolute Gasteiger partial charge is 0.481 e. The van der Waals surface area contributed by atoms with Crippen LogP contribution in [0.25, 0.3) is 10.9 Å². The maximum atomic E-state index is 12.4. The molecule has 0 saturated heterocycles. The first-order valence-electron chi connectivity index (χ1n) is 9.70. The van der Waals surface area contributed by atoms with Gasteiger partial charge >= 0.3 is 11.9 Å². The second-order valence-corrected chi connectivity index (χ2v) is 8.36. The number of carboxylic acid groups (broad SMARTS) is 2. The third kappa shape index (κ3) is 6.53. The van der Waals surface area contributed by atoms with E-state index < -0.39 is 23.9 Å². The van der Waals surface area contributed by atoms with Gasteiger partial charge in [0.25, 0.3) is 11.5 Å². The smallest absolute Gasteiger partial charge is 0.326 e. The Labute approximate surface area is 198 Å². The fraction of sp³-hybridized carbons (Fsp3) is 0.286. The van der Waals surface area contributed by atoms with Gasteiger partial charge in [-0.1, -0.05) is 6.07 Å². The summed E-state index contributed by atoms with van der Waals surface area (Å²) in [5.74, 6) is -2.45. The quantitative estimate of drug-likeness (QED) is 0.353.